The molecule has 1 saturated heterocycles. The number of benzene rings is 1. The second-order valence-corrected chi connectivity index (χ2v) is 6.18. The highest BCUT2D eigenvalue weighted by Gasteiger charge is 2.24. The van der Waals surface area contributed by atoms with Crippen molar-refractivity contribution in [1.29, 1.82) is 0 Å². The van der Waals surface area contributed by atoms with Crippen molar-refractivity contribution in [3.05, 3.63) is 34.2 Å². The largest absolute Gasteiger partial charge is 0.340 e. The second kappa shape index (κ2) is 5.61. The van der Waals surface area contributed by atoms with Crippen LogP contribution in [0.4, 0.5) is 0 Å². The summed E-state index contributed by atoms with van der Waals surface area (Å²) in [6.45, 7) is 1.84. The SMILES string of the molecule is CN(CC1CCCN1C)C(=O)c1ccc2c(c1)[nH]c(=O)n2C. The lowest BCUT2D eigenvalue weighted by Crippen LogP contribution is -2.39. The van der Waals surface area contributed by atoms with Gasteiger partial charge in [0.2, 0.25) is 0 Å². The minimum atomic E-state index is -0.166. The number of hydrogen-bond donors (Lipinski definition) is 1. The van der Waals surface area contributed by atoms with Crippen LogP contribution in [-0.2, 0) is 7.05 Å². The molecule has 1 amide bonds. The third kappa shape index (κ3) is 2.54. The molecule has 1 aromatic carbocycles. The minimum Gasteiger partial charge on any atom is -0.340 e. The number of likely N-dealkylation sites (tertiary alicyclic amines) is 1. The summed E-state index contributed by atoms with van der Waals surface area (Å²) in [5.41, 5.74) is 1.95. The highest BCUT2D eigenvalue weighted by atomic mass is 16.2. The number of carbonyl (C=O) groups excluding carboxylic acids is 1. The molecule has 6 heteroatoms. The maximum atomic E-state index is 12.6. The molecule has 118 valence electrons. The Kier molecular flexibility index (Phi) is 3.78. The summed E-state index contributed by atoms with van der Waals surface area (Å²) in [5.74, 6) is -0.00750. The molecule has 0 bridgehead atoms. The molecule has 2 heterocycles. The average Bonchev–Trinajstić information content (AvgIpc) is 3.02. The molecular weight excluding hydrogens is 280 g/mol. The van der Waals surface area contributed by atoms with Crippen LogP contribution >= 0.6 is 0 Å². The number of fused-ring (bicyclic) bond motifs is 1. The van der Waals surface area contributed by atoms with E-state index in [1.54, 1.807) is 28.6 Å². The molecule has 1 fully saturated rings. The molecule has 3 rings (SSSR count). The maximum Gasteiger partial charge on any atom is 0.326 e. The fourth-order valence-electron chi connectivity index (χ4n) is 3.20. The number of hydrogen-bond acceptors (Lipinski definition) is 3. The molecule has 1 atom stereocenters. The molecule has 0 radical (unpaired) electrons. The van der Waals surface area contributed by atoms with Crippen LogP contribution in [0.15, 0.2) is 23.0 Å². The van der Waals surface area contributed by atoms with E-state index in [0.29, 0.717) is 17.1 Å². The third-order valence-corrected chi connectivity index (χ3v) is 4.65. The predicted octanol–water partition coefficient (Wildman–Crippen LogP) is 1.03. The number of aromatic nitrogens is 2. The molecule has 2 aromatic rings. The molecular formula is C16H22N4O2. The summed E-state index contributed by atoms with van der Waals surface area (Å²) in [4.78, 5) is 31.1. The number of amides is 1. The monoisotopic (exact) mass is 302 g/mol. The van der Waals surface area contributed by atoms with Gasteiger partial charge in [-0.3, -0.25) is 9.36 Å². The summed E-state index contributed by atoms with van der Waals surface area (Å²) in [7, 11) is 5.66. The van der Waals surface area contributed by atoms with E-state index in [9.17, 15) is 9.59 Å². The van der Waals surface area contributed by atoms with Gasteiger partial charge in [-0.15, -0.1) is 0 Å². The zero-order valence-corrected chi connectivity index (χ0v) is 13.3. The first-order chi connectivity index (χ1) is 10.5. The van der Waals surface area contributed by atoms with Gasteiger partial charge in [-0.2, -0.15) is 0 Å². The molecule has 1 aliphatic heterocycles. The van der Waals surface area contributed by atoms with Gasteiger partial charge in [-0.1, -0.05) is 0 Å². The summed E-state index contributed by atoms with van der Waals surface area (Å²) in [6.07, 6.45) is 2.33. The van der Waals surface area contributed by atoms with E-state index in [-0.39, 0.29) is 11.6 Å². The lowest BCUT2D eigenvalue weighted by atomic mass is 10.1. The van der Waals surface area contributed by atoms with E-state index in [1.165, 1.54) is 6.42 Å². The smallest absolute Gasteiger partial charge is 0.326 e. The summed E-state index contributed by atoms with van der Waals surface area (Å²) >= 11 is 0. The number of nitrogens with zero attached hydrogens (tertiary/aromatic N) is 3. The van der Waals surface area contributed by atoms with Gasteiger partial charge in [-0.25, -0.2) is 4.79 Å². The highest BCUT2D eigenvalue weighted by molar-refractivity contribution is 5.97. The molecule has 0 saturated carbocycles. The van der Waals surface area contributed by atoms with E-state index < -0.39 is 0 Å². The van der Waals surface area contributed by atoms with E-state index >= 15 is 0 Å². The van der Waals surface area contributed by atoms with Crippen LogP contribution in [-0.4, -0.2) is 58.5 Å². The van der Waals surface area contributed by atoms with Crippen LogP contribution in [0.2, 0.25) is 0 Å². The normalized spacial score (nSPS) is 19.0. The lowest BCUT2D eigenvalue weighted by Gasteiger charge is -2.26. The predicted molar refractivity (Wildman–Crippen MR) is 86.2 cm³/mol. The fraction of sp³-hybridized carbons (Fsp3) is 0.500. The van der Waals surface area contributed by atoms with Crippen molar-refractivity contribution in [2.24, 2.45) is 7.05 Å². The first-order valence-corrected chi connectivity index (χ1v) is 7.62. The summed E-state index contributed by atoms with van der Waals surface area (Å²) in [6, 6.07) is 5.80. The van der Waals surface area contributed by atoms with Gasteiger partial charge >= 0.3 is 5.69 Å². The first-order valence-electron chi connectivity index (χ1n) is 7.62. The number of rotatable bonds is 3. The quantitative estimate of drug-likeness (QED) is 0.921. The van der Waals surface area contributed by atoms with Crippen molar-refractivity contribution in [2.75, 3.05) is 27.2 Å². The Hall–Kier alpha value is -2.08. The van der Waals surface area contributed by atoms with Gasteiger partial charge in [0.05, 0.1) is 11.0 Å². The Balaban J connectivity index is 1.80. The highest BCUT2D eigenvalue weighted by Crippen LogP contribution is 2.17. The molecule has 1 unspecified atom stereocenters. The molecule has 22 heavy (non-hydrogen) atoms. The van der Waals surface area contributed by atoms with Gasteiger partial charge in [0.15, 0.2) is 0 Å². The van der Waals surface area contributed by atoms with Crippen LogP contribution < -0.4 is 5.69 Å². The van der Waals surface area contributed by atoms with Crippen LogP contribution in [0, 0.1) is 0 Å². The Morgan fingerprint density at radius 2 is 2.18 bits per heavy atom. The zero-order valence-electron chi connectivity index (χ0n) is 13.3. The minimum absolute atomic E-state index is 0.00750. The van der Waals surface area contributed by atoms with E-state index in [1.807, 2.05) is 13.1 Å². The van der Waals surface area contributed by atoms with E-state index in [0.717, 1.165) is 25.0 Å². The van der Waals surface area contributed by atoms with Crippen molar-refractivity contribution < 1.29 is 4.79 Å². The average molecular weight is 302 g/mol. The van der Waals surface area contributed by atoms with Crippen molar-refractivity contribution in [3.8, 4) is 0 Å². The summed E-state index contributed by atoms with van der Waals surface area (Å²) < 4.78 is 1.54. The molecule has 6 nitrogen and oxygen atoms in total. The van der Waals surface area contributed by atoms with Crippen molar-refractivity contribution in [3.63, 3.8) is 0 Å². The van der Waals surface area contributed by atoms with Crippen molar-refractivity contribution in [2.45, 2.75) is 18.9 Å². The first kappa shape index (κ1) is 14.8. The van der Waals surface area contributed by atoms with Gasteiger partial charge in [0, 0.05) is 32.2 Å². The van der Waals surface area contributed by atoms with Crippen molar-refractivity contribution >= 4 is 16.9 Å². The fourth-order valence-corrected chi connectivity index (χ4v) is 3.20. The van der Waals surface area contributed by atoms with Gasteiger partial charge in [0.25, 0.3) is 5.91 Å². The van der Waals surface area contributed by atoms with Crippen LogP contribution in [0.3, 0.4) is 0 Å². The maximum absolute atomic E-state index is 12.6. The van der Waals surface area contributed by atoms with Crippen LogP contribution in [0.5, 0.6) is 0 Å². The number of aromatic amines is 1. The topological polar surface area (TPSA) is 61.3 Å². The summed E-state index contributed by atoms with van der Waals surface area (Å²) in [5, 5.41) is 0. The number of imidazole rings is 1. The third-order valence-electron chi connectivity index (χ3n) is 4.65. The zero-order chi connectivity index (χ0) is 15.9. The van der Waals surface area contributed by atoms with Crippen LogP contribution in [0.1, 0.15) is 23.2 Å². The number of carbonyl (C=O) groups is 1. The Morgan fingerprint density at radius 1 is 1.41 bits per heavy atom. The lowest BCUT2D eigenvalue weighted by molar-refractivity contribution is 0.0761. The van der Waals surface area contributed by atoms with Gasteiger partial charge in [-0.05, 0) is 44.6 Å². The number of nitrogens with one attached hydrogen (secondary N) is 1. The van der Waals surface area contributed by atoms with E-state index in [2.05, 4.69) is 16.9 Å². The molecule has 1 aliphatic rings. The second-order valence-electron chi connectivity index (χ2n) is 6.18. The number of aryl methyl sites for hydroxylation is 1. The molecule has 1 aromatic heterocycles. The number of H-pyrrole nitrogens is 1. The standard InChI is InChI=1S/C16H22N4O2/c1-18-8-4-5-12(18)10-19(2)15(21)11-6-7-14-13(9-11)17-16(22)20(14)3/h6-7,9,12H,4-5,8,10H2,1-3H3,(H,17,22). The Labute approximate surface area is 129 Å². The molecule has 0 spiro atoms. The molecule has 1 N–H and O–H groups in total. The Bertz CT molecular complexity index is 761. The molecule has 0 aliphatic carbocycles. The van der Waals surface area contributed by atoms with E-state index in [4.69, 9.17) is 0 Å². The van der Waals surface area contributed by atoms with Gasteiger partial charge < -0.3 is 14.8 Å². The Morgan fingerprint density at radius 3 is 2.86 bits per heavy atom. The van der Waals surface area contributed by atoms with Crippen molar-refractivity contribution in [1.82, 2.24) is 19.4 Å². The number of likely N-dealkylation sites (N-methyl/N-ethyl adjacent to an activating group) is 2. The van der Waals surface area contributed by atoms with Gasteiger partial charge in [0.1, 0.15) is 0 Å². The van der Waals surface area contributed by atoms with Crippen LogP contribution in [0.25, 0.3) is 11.0 Å².